The van der Waals surface area contributed by atoms with Gasteiger partial charge >= 0.3 is 6.61 Å². The summed E-state index contributed by atoms with van der Waals surface area (Å²) >= 11 is 0. The number of furan rings is 1. The molecule has 24 heavy (non-hydrogen) atoms. The van der Waals surface area contributed by atoms with Crippen LogP contribution in [-0.4, -0.2) is 17.4 Å². The van der Waals surface area contributed by atoms with Crippen LogP contribution in [0.25, 0.3) is 6.08 Å². The average molecular weight is 338 g/mol. The number of carbonyl (C=O) groups excluding carboxylic acids is 1. The van der Waals surface area contributed by atoms with Crippen molar-refractivity contribution in [2.45, 2.75) is 13.2 Å². The molecule has 0 aliphatic carbocycles. The number of nitrogens with one attached hydrogen (secondary N) is 1. The molecular weight excluding hydrogens is 326 g/mol. The molecule has 0 bridgehead atoms. The third-order valence-electron chi connectivity index (χ3n) is 2.85. The van der Waals surface area contributed by atoms with E-state index in [1.807, 2.05) is 0 Å². The summed E-state index contributed by atoms with van der Waals surface area (Å²) in [6.45, 7) is -2.95. The largest absolute Gasteiger partial charge is 0.467 e. The number of benzene rings is 1. The first kappa shape index (κ1) is 17.1. The number of nitro groups is 1. The molecule has 2 aromatic rings. The number of halogens is 2. The van der Waals surface area contributed by atoms with Crippen molar-refractivity contribution in [3.63, 3.8) is 0 Å². The van der Waals surface area contributed by atoms with Gasteiger partial charge in [-0.3, -0.25) is 14.9 Å². The Morgan fingerprint density at radius 2 is 2.21 bits per heavy atom. The van der Waals surface area contributed by atoms with Crippen LogP contribution < -0.4 is 10.1 Å². The standard InChI is InChI=1S/C15H12F2N2O5/c16-15(17)24-13-5-4-11(19(21)22)8-10(13)3-6-14(20)18-9-12-2-1-7-23-12/h1-8,15H,9H2,(H,18,20). The lowest BCUT2D eigenvalue weighted by molar-refractivity contribution is -0.384. The number of rotatable bonds is 7. The van der Waals surface area contributed by atoms with Gasteiger partial charge < -0.3 is 14.5 Å². The normalized spacial score (nSPS) is 11.0. The van der Waals surface area contributed by atoms with E-state index in [-0.39, 0.29) is 23.5 Å². The second-order valence-electron chi connectivity index (χ2n) is 4.49. The molecule has 0 fully saturated rings. The molecular formula is C15H12F2N2O5. The highest BCUT2D eigenvalue weighted by Crippen LogP contribution is 2.26. The molecule has 0 aliphatic rings. The quantitative estimate of drug-likeness (QED) is 0.475. The second-order valence-corrected chi connectivity index (χ2v) is 4.49. The van der Waals surface area contributed by atoms with Crippen LogP contribution in [0.3, 0.4) is 0 Å². The first-order valence-electron chi connectivity index (χ1n) is 6.67. The van der Waals surface area contributed by atoms with Crippen molar-refractivity contribution in [3.8, 4) is 5.75 Å². The summed E-state index contributed by atoms with van der Waals surface area (Å²) in [5.74, 6) is -0.264. The van der Waals surface area contributed by atoms with E-state index in [4.69, 9.17) is 4.42 Å². The second kappa shape index (κ2) is 7.86. The highest BCUT2D eigenvalue weighted by molar-refractivity contribution is 5.92. The van der Waals surface area contributed by atoms with Crippen LogP contribution >= 0.6 is 0 Å². The fraction of sp³-hybridized carbons (Fsp3) is 0.133. The Morgan fingerprint density at radius 1 is 1.42 bits per heavy atom. The van der Waals surface area contributed by atoms with Gasteiger partial charge in [0.05, 0.1) is 17.7 Å². The first-order valence-corrected chi connectivity index (χ1v) is 6.67. The highest BCUT2D eigenvalue weighted by Gasteiger charge is 2.13. The number of hydrogen-bond acceptors (Lipinski definition) is 5. The van der Waals surface area contributed by atoms with Crippen LogP contribution in [0.15, 0.2) is 47.1 Å². The minimum atomic E-state index is -3.09. The summed E-state index contributed by atoms with van der Waals surface area (Å²) in [4.78, 5) is 21.8. The molecule has 1 aromatic heterocycles. The number of ether oxygens (including phenoxy) is 1. The molecule has 1 N–H and O–H groups in total. The van der Waals surface area contributed by atoms with Crippen molar-refractivity contribution >= 4 is 17.7 Å². The van der Waals surface area contributed by atoms with E-state index in [1.54, 1.807) is 12.1 Å². The molecule has 0 saturated carbocycles. The van der Waals surface area contributed by atoms with Crippen LogP contribution in [0, 0.1) is 10.1 Å². The smallest absolute Gasteiger partial charge is 0.387 e. The fourth-order valence-electron chi connectivity index (χ4n) is 1.79. The van der Waals surface area contributed by atoms with Crippen LogP contribution in [0.4, 0.5) is 14.5 Å². The zero-order valence-electron chi connectivity index (χ0n) is 12.1. The topological polar surface area (TPSA) is 94.6 Å². The number of nitrogens with zero attached hydrogens (tertiary/aromatic N) is 1. The van der Waals surface area contributed by atoms with E-state index < -0.39 is 17.4 Å². The summed E-state index contributed by atoms with van der Waals surface area (Å²) < 4.78 is 34.0. The van der Waals surface area contributed by atoms with Gasteiger partial charge in [-0.25, -0.2) is 0 Å². The number of non-ortho nitro benzene ring substituents is 1. The summed E-state index contributed by atoms with van der Waals surface area (Å²) in [5.41, 5.74) is -0.329. The molecule has 0 spiro atoms. The molecule has 7 nitrogen and oxygen atoms in total. The monoisotopic (exact) mass is 338 g/mol. The Hall–Kier alpha value is -3.23. The summed E-state index contributed by atoms with van der Waals surface area (Å²) in [5, 5.41) is 13.3. The number of alkyl halides is 2. The van der Waals surface area contributed by atoms with Crippen molar-refractivity contribution < 1.29 is 27.7 Å². The van der Waals surface area contributed by atoms with E-state index in [0.29, 0.717) is 5.76 Å². The van der Waals surface area contributed by atoms with Crippen molar-refractivity contribution in [3.05, 3.63) is 64.1 Å². The molecule has 0 aliphatic heterocycles. The average Bonchev–Trinajstić information content (AvgIpc) is 3.04. The molecule has 9 heteroatoms. The zero-order chi connectivity index (χ0) is 17.5. The zero-order valence-corrected chi connectivity index (χ0v) is 12.1. The lowest BCUT2D eigenvalue weighted by atomic mass is 10.1. The third kappa shape index (κ3) is 4.90. The van der Waals surface area contributed by atoms with Crippen LogP contribution in [-0.2, 0) is 11.3 Å². The van der Waals surface area contributed by atoms with Crippen molar-refractivity contribution in [2.75, 3.05) is 0 Å². The summed E-state index contributed by atoms with van der Waals surface area (Å²) in [6, 6.07) is 6.44. The van der Waals surface area contributed by atoms with Gasteiger partial charge in [-0.2, -0.15) is 8.78 Å². The van der Waals surface area contributed by atoms with Crippen molar-refractivity contribution in [1.82, 2.24) is 5.32 Å². The Labute approximate surface area is 134 Å². The summed E-state index contributed by atoms with van der Waals surface area (Å²) in [7, 11) is 0. The third-order valence-corrected chi connectivity index (χ3v) is 2.85. The van der Waals surface area contributed by atoms with Crippen molar-refractivity contribution in [2.24, 2.45) is 0 Å². The van der Waals surface area contributed by atoms with Crippen LogP contribution in [0.2, 0.25) is 0 Å². The maximum absolute atomic E-state index is 12.4. The molecule has 1 aromatic carbocycles. The molecule has 1 amide bonds. The number of hydrogen-bond donors (Lipinski definition) is 1. The SMILES string of the molecule is O=C(C=Cc1cc([N+](=O)[O-])ccc1OC(F)F)NCc1ccco1. The molecule has 126 valence electrons. The van der Waals surface area contributed by atoms with E-state index in [2.05, 4.69) is 10.1 Å². The maximum atomic E-state index is 12.4. The lowest BCUT2D eigenvalue weighted by Crippen LogP contribution is -2.19. The Morgan fingerprint density at radius 3 is 2.83 bits per heavy atom. The van der Waals surface area contributed by atoms with Crippen LogP contribution in [0.1, 0.15) is 11.3 Å². The molecule has 0 radical (unpaired) electrons. The minimum absolute atomic E-state index is 0.0161. The maximum Gasteiger partial charge on any atom is 0.387 e. The van der Waals surface area contributed by atoms with Gasteiger partial charge in [0.1, 0.15) is 11.5 Å². The van der Waals surface area contributed by atoms with Gasteiger partial charge in [-0.05, 0) is 24.3 Å². The Bertz CT molecular complexity index is 744. The highest BCUT2D eigenvalue weighted by atomic mass is 19.3. The fourth-order valence-corrected chi connectivity index (χ4v) is 1.79. The van der Waals surface area contributed by atoms with Gasteiger partial charge in [0.15, 0.2) is 0 Å². The van der Waals surface area contributed by atoms with Gasteiger partial charge in [0.25, 0.3) is 5.69 Å². The van der Waals surface area contributed by atoms with Crippen LogP contribution in [0.5, 0.6) is 5.75 Å². The lowest BCUT2D eigenvalue weighted by Gasteiger charge is -2.07. The molecule has 0 saturated heterocycles. The molecule has 0 atom stereocenters. The van der Waals surface area contributed by atoms with Gasteiger partial charge in [-0.15, -0.1) is 0 Å². The molecule has 0 unspecified atom stereocenters. The Balaban J connectivity index is 2.11. The van der Waals surface area contributed by atoms with E-state index in [0.717, 1.165) is 30.4 Å². The number of carbonyl (C=O) groups is 1. The predicted octanol–water partition coefficient (Wildman–Crippen LogP) is 3.12. The molecule has 2 rings (SSSR count). The van der Waals surface area contributed by atoms with E-state index >= 15 is 0 Å². The number of amides is 1. The van der Waals surface area contributed by atoms with Gasteiger partial charge in [-0.1, -0.05) is 0 Å². The van der Waals surface area contributed by atoms with E-state index in [1.165, 1.54) is 6.26 Å². The van der Waals surface area contributed by atoms with Gasteiger partial charge in [0.2, 0.25) is 5.91 Å². The predicted molar refractivity (Wildman–Crippen MR) is 79.3 cm³/mol. The molecule has 1 heterocycles. The van der Waals surface area contributed by atoms with Gasteiger partial charge in [0, 0.05) is 23.8 Å². The minimum Gasteiger partial charge on any atom is -0.467 e. The summed E-state index contributed by atoms with van der Waals surface area (Å²) in [6.07, 6.45) is 3.66. The number of nitro benzene ring substituents is 1. The first-order chi connectivity index (χ1) is 11.5. The Kier molecular flexibility index (Phi) is 5.61. The van der Waals surface area contributed by atoms with E-state index in [9.17, 15) is 23.7 Å². The van der Waals surface area contributed by atoms with Crippen molar-refractivity contribution in [1.29, 1.82) is 0 Å².